The number of amides is 1. The van der Waals surface area contributed by atoms with Crippen molar-refractivity contribution in [1.82, 2.24) is 10.2 Å². The highest BCUT2D eigenvalue weighted by Crippen LogP contribution is 2.25. The van der Waals surface area contributed by atoms with Gasteiger partial charge in [-0.1, -0.05) is 40.2 Å². The van der Waals surface area contributed by atoms with Crippen LogP contribution in [0, 0.1) is 0 Å². The van der Waals surface area contributed by atoms with E-state index in [-0.39, 0.29) is 18.1 Å². The van der Waals surface area contributed by atoms with Crippen LogP contribution in [-0.4, -0.2) is 43.7 Å². The molecule has 1 aliphatic heterocycles. The Balaban J connectivity index is 1.56. The molecule has 2 aromatic carbocycles. The van der Waals surface area contributed by atoms with Crippen LogP contribution < -0.4 is 10.1 Å². The quantitative estimate of drug-likeness (QED) is 0.758. The number of nitrogens with zero attached hydrogens (tertiary/aromatic N) is 1. The first-order chi connectivity index (χ1) is 13.1. The van der Waals surface area contributed by atoms with Gasteiger partial charge in [-0.15, -0.1) is 0 Å². The number of benzene rings is 2. The van der Waals surface area contributed by atoms with Crippen molar-refractivity contribution in [2.24, 2.45) is 0 Å². The number of hydrogen-bond donors (Lipinski definition) is 1. The van der Waals surface area contributed by atoms with Crippen LogP contribution >= 0.6 is 15.9 Å². The van der Waals surface area contributed by atoms with Crippen LogP contribution in [0.1, 0.15) is 24.2 Å². The van der Waals surface area contributed by atoms with Gasteiger partial charge in [0.25, 0.3) is 0 Å². The van der Waals surface area contributed by atoms with Gasteiger partial charge in [-0.2, -0.15) is 0 Å². The molecule has 1 aliphatic rings. The second kappa shape index (κ2) is 9.35. The van der Waals surface area contributed by atoms with Crippen LogP contribution in [-0.2, 0) is 16.1 Å². The van der Waals surface area contributed by atoms with Gasteiger partial charge < -0.3 is 14.8 Å². The maximum atomic E-state index is 12.6. The summed E-state index contributed by atoms with van der Waals surface area (Å²) in [7, 11) is 1.64. The maximum absolute atomic E-state index is 12.6. The summed E-state index contributed by atoms with van der Waals surface area (Å²) in [5, 5.41) is 3.03. The van der Waals surface area contributed by atoms with Gasteiger partial charge in [-0.25, -0.2) is 0 Å². The molecule has 3 rings (SSSR count). The fourth-order valence-electron chi connectivity index (χ4n) is 3.19. The number of methoxy groups -OCH3 is 1. The van der Waals surface area contributed by atoms with Crippen molar-refractivity contribution >= 4 is 21.8 Å². The Morgan fingerprint density at radius 1 is 1.33 bits per heavy atom. The zero-order chi connectivity index (χ0) is 19.2. The Kier molecular flexibility index (Phi) is 6.88. The van der Waals surface area contributed by atoms with Gasteiger partial charge >= 0.3 is 0 Å². The Morgan fingerprint density at radius 2 is 2.11 bits per heavy atom. The van der Waals surface area contributed by atoms with Crippen LogP contribution in [0.5, 0.6) is 5.75 Å². The fourth-order valence-corrected chi connectivity index (χ4v) is 3.45. The summed E-state index contributed by atoms with van der Waals surface area (Å²) in [5.74, 6) is 0.814. The molecular formula is C21H25BrN2O3. The van der Waals surface area contributed by atoms with Crippen LogP contribution in [0.25, 0.3) is 0 Å². The predicted octanol–water partition coefficient (Wildman–Crippen LogP) is 3.54. The summed E-state index contributed by atoms with van der Waals surface area (Å²) in [4.78, 5) is 14.8. The number of halogens is 1. The third-order valence-electron chi connectivity index (χ3n) is 4.87. The Morgan fingerprint density at radius 3 is 2.85 bits per heavy atom. The molecule has 6 heteroatoms. The van der Waals surface area contributed by atoms with Crippen molar-refractivity contribution in [3.63, 3.8) is 0 Å². The number of hydrogen-bond acceptors (Lipinski definition) is 4. The summed E-state index contributed by atoms with van der Waals surface area (Å²) >= 11 is 3.46. The van der Waals surface area contributed by atoms with E-state index in [9.17, 15) is 4.79 Å². The third kappa shape index (κ3) is 5.31. The van der Waals surface area contributed by atoms with Crippen LogP contribution in [0.3, 0.4) is 0 Å². The molecule has 2 atom stereocenters. The Labute approximate surface area is 168 Å². The molecule has 1 fully saturated rings. The number of rotatable bonds is 6. The van der Waals surface area contributed by atoms with Gasteiger partial charge in [0, 0.05) is 24.1 Å². The molecule has 0 aromatic heterocycles. The van der Waals surface area contributed by atoms with Crippen LogP contribution in [0.15, 0.2) is 53.0 Å². The van der Waals surface area contributed by atoms with Gasteiger partial charge in [-0.3, -0.25) is 9.69 Å². The minimum atomic E-state index is -0.211. The van der Waals surface area contributed by atoms with E-state index < -0.39 is 0 Å². The average Bonchev–Trinajstić information content (AvgIpc) is 2.72. The van der Waals surface area contributed by atoms with Crippen molar-refractivity contribution in [1.29, 1.82) is 0 Å². The third-order valence-corrected chi connectivity index (χ3v) is 5.40. The zero-order valence-electron chi connectivity index (χ0n) is 15.7. The number of ether oxygens (including phenoxy) is 2. The van der Waals surface area contributed by atoms with E-state index in [0.29, 0.717) is 19.7 Å². The molecule has 5 nitrogen and oxygen atoms in total. The van der Waals surface area contributed by atoms with E-state index in [4.69, 9.17) is 9.47 Å². The minimum absolute atomic E-state index is 0.0134. The molecule has 1 heterocycles. The number of carbonyl (C=O) groups is 1. The summed E-state index contributed by atoms with van der Waals surface area (Å²) in [5.41, 5.74) is 2.15. The first kappa shape index (κ1) is 19.9. The molecule has 2 aromatic rings. The lowest BCUT2D eigenvalue weighted by Gasteiger charge is -2.36. The summed E-state index contributed by atoms with van der Waals surface area (Å²) in [6, 6.07) is 15.7. The van der Waals surface area contributed by atoms with Crippen LogP contribution in [0.4, 0.5) is 0 Å². The molecule has 0 radical (unpaired) electrons. The molecule has 2 unspecified atom stereocenters. The normalized spacial score (nSPS) is 18.7. The molecule has 0 bridgehead atoms. The standard InChI is InChI=1S/C21H25BrN2O3/c1-15(21(25)23-13-16-4-3-5-19(12-16)26-2)24-10-11-27-20(14-24)17-6-8-18(22)9-7-17/h3-9,12,15,20H,10-11,13-14H2,1-2H3,(H,23,25). The lowest BCUT2D eigenvalue weighted by Crippen LogP contribution is -2.50. The molecule has 0 aliphatic carbocycles. The van der Waals surface area contributed by atoms with E-state index in [1.54, 1.807) is 7.11 Å². The highest BCUT2D eigenvalue weighted by molar-refractivity contribution is 9.10. The SMILES string of the molecule is COc1cccc(CNC(=O)C(C)N2CCOC(c3ccc(Br)cc3)C2)c1. The van der Waals surface area contributed by atoms with E-state index >= 15 is 0 Å². The first-order valence-electron chi connectivity index (χ1n) is 9.08. The summed E-state index contributed by atoms with van der Waals surface area (Å²) < 4.78 is 12.2. The van der Waals surface area contributed by atoms with Crippen molar-refractivity contribution in [3.8, 4) is 5.75 Å². The average molecular weight is 433 g/mol. The van der Waals surface area contributed by atoms with Crippen molar-refractivity contribution in [3.05, 3.63) is 64.1 Å². The molecule has 1 saturated heterocycles. The van der Waals surface area contributed by atoms with Crippen molar-refractivity contribution < 1.29 is 14.3 Å². The molecule has 0 saturated carbocycles. The first-order valence-corrected chi connectivity index (χ1v) is 9.88. The largest absolute Gasteiger partial charge is 0.497 e. The fraction of sp³-hybridized carbons (Fsp3) is 0.381. The number of nitrogens with one attached hydrogen (secondary N) is 1. The van der Waals surface area contributed by atoms with Crippen LogP contribution in [0.2, 0.25) is 0 Å². The summed E-state index contributed by atoms with van der Waals surface area (Å²) in [6.45, 7) is 4.51. The molecular weight excluding hydrogens is 408 g/mol. The van der Waals surface area contributed by atoms with Gasteiger partial charge in [0.15, 0.2) is 0 Å². The monoisotopic (exact) mass is 432 g/mol. The predicted molar refractivity (Wildman–Crippen MR) is 109 cm³/mol. The van der Waals surface area contributed by atoms with Gasteiger partial charge in [0.2, 0.25) is 5.91 Å². The molecule has 1 N–H and O–H groups in total. The number of morpholine rings is 1. The highest BCUT2D eigenvalue weighted by atomic mass is 79.9. The van der Waals surface area contributed by atoms with Gasteiger partial charge in [-0.05, 0) is 42.3 Å². The van der Waals surface area contributed by atoms with Crippen molar-refractivity contribution in [2.75, 3.05) is 26.8 Å². The Hall–Kier alpha value is -1.89. The molecule has 1 amide bonds. The highest BCUT2D eigenvalue weighted by Gasteiger charge is 2.28. The topological polar surface area (TPSA) is 50.8 Å². The second-order valence-electron chi connectivity index (χ2n) is 6.65. The van der Waals surface area contributed by atoms with Gasteiger partial charge in [0.05, 0.1) is 25.9 Å². The second-order valence-corrected chi connectivity index (χ2v) is 7.57. The number of carbonyl (C=O) groups excluding carboxylic acids is 1. The lowest BCUT2D eigenvalue weighted by molar-refractivity contribution is -0.129. The van der Waals surface area contributed by atoms with Gasteiger partial charge in [0.1, 0.15) is 5.75 Å². The Bertz CT molecular complexity index is 766. The van der Waals surface area contributed by atoms with E-state index in [0.717, 1.165) is 27.9 Å². The van der Waals surface area contributed by atoms with E-state index in [1.165, 1.54) is 0 Å². The minimum Gasteiger partial charge on any atom is -0.497 e. The molecule has 0 spiro atoms. The molecule has 27 heavy (non-hydrogen) atoms. The lowest BCUT2D eigenvalue weighted by atomic mass is 10.1. The van der Waals surface area contributed by atoms with E-state index in [1.807, 2.05) is 43.3 Å². The maximum Gasteiger partial charge on any atom is 0.237 e. The van der Waals surface area contributed by atoms with E-state index in [2.05, 4.69) is 38.3 Å². The smallest absolute Gasteiger partial charge is 0.237 e. The zero-order valence-corrected chi connectivity index (χ0v) is 17.2. The van der Waals surface area contributed by atoms with Crippen molar-refractivity contribution in [2.45, 2.75) is 25.6 Å². The summed E-state index contributed by atoms with van der Waals surface area (Å²) in [6.07, 6.45) is -0.0134. The molecule has 144 valence electrons.